The smallest absolute Gasteiger partial charge is 0.297 e. The second-order valence-corrected chi connectivity index (χ2v) is 15.1. The van der Waals surface area contributed by atoms with Gasteiger partial charge in [0.25, 0.3) is 20.2 Å². The van der Waals surface area contributed by atoms with E-state index >= 15 is 0 Å². The van der Waals surface area contributed by atoms with Crippen molar-refractivity contribution in [1.29, 1.82) is 0 Å². The lowest BCUT2D eigenvalue weighted by atomic mass is 9.84. The minimum absolute atomic E-state index is 0.0287. The molecule has 0 heterocycles. The summed E-state index contributed by atoms with van der Waals surface area (Å²) in [5.74, 6) is 0.872. The molecular formula is C28H34O9S2. The molecule has 4 aliphatic carbocycles. The van der Waals surface area contributed by atoms with E-state index in [9.17, 15) is 27.0 Å². The van der Waals surface area contributed by atoms with Crippen LogP contribution in [0.2, 0.25) is 0 Å². The van der Waals surface area contributed by atoms with Crippen LogP contribution in [0.1, 0.15) is 52.4 Å². The minimum Gasteiger partial charge on any atom is -0.457 e. The number of ether oxygens (including phenoxy) is 1. The number of rotatable bonds is 8. The maximum absolute atomic E-state index is 12.9. The van der Waals surface area contributed by atoms with Gasteiger partial charge in [-0.25, -0.2) is 0 Å². The summed E-state index contributed by atoms with van der Waals surface area (Å²) >= 11 is 0. The molecule has 0 aliphatic heterocycles. The van der Waals surface area contributed by atoms with Crippen LogP contribution in [0.25, 0.3) is 0 Å². The predicted molar refractivity (Wildman–Crippen MR) is 140 cm³/mol. The first-order valence-electron chi connectivity index (χ1n) is 13.5. The highest BCUT2D eigenvalue weighted by atomic mass is 32.2. The summed E-state index contributed by atoms with van der Waals surface area (Å²) in [4.78, 5) is -0.0768. The zero-order valence-corrected chi connectivity index (χ0v) is 23.5. The molecule has 4 aliphatic rings. The zero-order valence-electron chi connectivity index (χ0n) is 21.9. The van der Waals surface area contributed by atoms with Crippen LogP contribution in [0, 0.1) is 23.7 Å². The van der Waals surface area contributed by atoms with Crippen molar-refractivity contribution in [2.75, 3.05) is 0 Å². The average molecular weight is 579 g/mol. The van der Waals surface area contributed by atoms with Crippen LogP contribution in [-0.4, -0.2) is 50.5 Å². The molecule has 8 unspecified atom stereocenters. The second-order valence-electron chi connectivity index (χ2n) is 12.0. The first-order valence-corrected chi connectivity index (χ1v) is 16.3. The Balaban J connectivity index is 1.10. The van der Waals surface area contributed by atoms with Crippen molar-refractivity contribution >= 4 is 20.2 Å². The highest BCUT2D eigenvalue weighted by Gasteiger charge is 2.58. The Labute approximate surface area is 229 Å². The quantitative estimate of drug-likeness (QED) is 0.446. The van der Waals surface area contributed by atoms with E-state index in [1.54, 1.807) is 13.8 Å². The standard InChI is InChI=1S/C28H34O9S2/c1-27(29)19-5-3-17(15-19)25(27)36-38(31,32)23-11-7-21(8-12-23)35-22-9-13-24(14-10-22)39(33,34)37-26-18-4-6-20(16-18)28(26,2)30/h7-14,17-20,25-26,29-30H,3-6,15-16H2,1-2H3. The SMILES string of the molecule is CC1(O)C2CCC(C2)C1OS(=O)(=O)c1ccc(Oc2ccc(S(=O)(=O)OC3C4CCC(C4)C3(C)O)cc2)cc1. The van der Waals surface area contributed by atoms with Crippen molar-refractivity contribution < 1.29 is 40.2 Å². The Morgan fingerprint density at radius 3 is 1.31 bits per heavy atom. The number of hydrogen-bond acceptors (Lipinski definition) is 9. The maximum atomic E-state index is 12.9. The summed E-state index contributed by atoms with van der Waals surface area (Å²) in [5, 5.41) is 21.6. The average Bonchev–Trinajstić information content (AvgIpc) is 3.64. The largest absolute Gasteiger partial charge is 0.457 e. The monoisotopic (exact) mass is 578 g/mol. The van der Waals surface area contributed by atoms with Gasteiger partial charge in [0.2, 0.25) is 0 Å². The molecule has 4 fully saturated rings. The van der Waals surface area contributed by atoms with Gasteiger partial charge in [-0.05, 0) is 125 Å². The van der Waals surface area contributed by atoms with Crippen molar-refractivity contribution in [3.63, 3.8) is 0 Å². The molecular weight excluding hydrogens is 544 g/mol. The third-order valence-corrected chi connectivity index (χ3v) is 12.1. The molecule has 39 heavy (non-hydrogen) atoms. The molecule has 0 aromatic heterocycles. The first-order chi connectivity index (χ1) is 18.3. The van der Waals surface area contributed by atoms with E-state index in [0.717, 1.165) is 38.5 Å². The Morgan fingerprint density at radius 1 is 0.641 bits per heavy atom. The summed E-state index contributed by atoms with van der Waals surface area (Å²) < 4.78 is 68.4. The van der Waals surface area contributed by atoms with Crippen LogP contribution in [-0.2, 0) is 28.6 Å². The maximum Gasteiger partial charge on any atom is 0.297 e. The zero-order chi connectivity index (χ0) is 27.8. The van der Waals surface area contributed by atoms with Gasteiger partial charge in [-0.15, -0.1) is 0 Å². The number of aliphatic hydroxyl groups is 2. The van der Waals surface area contributed by atoms with Crippen molar-refractivity contribution in [3.05, 3.63) is 48.5 Å². The molecule has 2 N–H and O–H groups in total. The van der Waals surface area contributed by atoms with Gasteiger partial charge in [-0.2, -0.15) is 16.8 Å². The predicted octanol–water partition coefficient (Wildman–Crippen LogP) is 3.99. The molecule has 8 atom stereocenters. The summed E-state index contributed by atoms with van der Waals surface area (Å²) in [6.07, 6.45) is 3.49. The van der Waals surface area contributed by atoms with Crippen LogP contribution < -0.4 is 4.74 Å². The van der Waals surface area contributed by atoms with Crippen LogP contribution in [0.5, 0.6) is 11.5 Å². The lowest BCUT2D eigenvalue weighted by molar-refractivity contribution is -0.0797. The Bertz CT molecular complexity index is 1340. The molecule has 0 radical (unpaired) electrons. The molecule has 4 saturated carbocycles. The number of benzene rings is 2. The molecule has 0 saturated heterocycles. The van der Waals surface area contributed by atoms with Gasteiger partial charge in [0.15, 0.2) is 0 Å². The van der Waals surface area contributed by atoms with Gasteiger partial charge < -0.3 is 14.9 Å². The molecule has 0 amide bonds. The fourth-order valence-corrected chi connectivity index (χ4v) is 9.70. The minimum atomic E-state index is -4.08. The van der Waals surface area contributed by atoms with E-state index in [1.165, 1.54) is 48.5 Å². The van der Waals surface area contributed by atoms with E-state index in [-0.39, 0.29) is 33.5 Å². The Morgan fingerprint density at radius 2 is 1.00 bits per heavy atom. The molecule has 4 bridgehead atoms. The Hall–Kier alpha value is -2.02. The Kier molecular flexibility index (Phi) is 6.44. The number of fused-ring (bicyclic) bond motifs is 4. The highest BCUT2D eigenvalue weighted by molar-refractivity contribution is 7.87. The molecule has 11 heteroatoms. The van der Waals surface area contributed by atoms with Crippen LogP contribution in [0.15, 0.2) is 58.3 Å². The van der Waals surface area contributed by atoms with E-state index < -0.39 is 43.6 Å². The molecule has 9 nitrogen and oxygen atoms in total. The topological polar surface area (TPSA) is 136 Å². The fraction of sp³-hybridized carbons (Fsp3) is 0.571. The molecule has 2 aromatic carbocycles. The van der Waals surface area contributed by atoms with Gasteiger partial charge >= 0.3 is 0 Å². The summed E-state index contributed by atoms with van der Waals surface area (Å²) in [7, 11) is -8.17. The highest BCUT2D eigenvalue weighted by Crippen LogP contribution is 2.53. The normalized spacial score (nSPS) is 37.4. The van der Waals surface area contributed by atoms with Crippen molar-refractivity contribution in [1.82, 2.24) is 0 Å². The fourth-order valence-electron chi connectivity index (χ4n) is 7.28. The molecule has 0 spiro atoms. The number of hydrogen-bond donors (Lipinski definition) is 2. The summed E-state index contributed by atoms with van der Waals surface area (Å²) in [5.41, 5.74) is -2.34. The molecule has 6 rings (SSSR count). The van der Waals surface area contributed by atoms with Crippen LogP contribution in [0.4, 0.5) is 0 Å². The van der Waals surface area contributed by atoms with Crippen molar-refractivity contribution in [3.8, 4) is 11.5 Å². The van der Waals surface area contributed by atoms with Gasteiger partial charge in [-0.3, -0.25) is 8.37 Å². The van der Waals surface area contributed by atoms with Gasteiger partial charge in [0.1, 0.15) is 23.7 Å². The van der Waals surface area contributed by atoms with Crippen molar-refractivity contribution in [2.24, 2.45) is 23.7 Å². The first kappa shape index (κ1) is 27.2. The van der Waals surface area contributed by atoms with Gasteiger partial charge in [0, 0.05) is 0 Å². The molecule has 2 aromatic rings. The van der Waals surface area contributed by atoms with Crippen LogP contribution >= 0.6 is 0 Å². The summed E-state index contributed by atoms with van der Waals surface area (Å²) in [6.45, 7) is 3.30. The van der Waals surface area contributed by atoms with E-state index in [0.29, 0.717) is 11.5 Å². The van der Waals surface area contributed by atoms with E-state index in [2.05, 4.69) is 0 Å². The van der Waals surface area contributed by atoms with Crippen LogP contribution in [0.3, 0.4) is 0 Å². The third-order valence-electron chi connectivity index (χ3n) is 9.53. The van der Waals surface area contributed by atoms with Gasteiger partial charge in [0.05, 0.1) is 21.0 Å². The second kappa shape index (κ2) is 9.25. The lowest BCUT2D eigenvalue weighted by Crippen LogP contribution is -2.46. The lowest BCUT2D eigenvalue weighted by Gasteiger charge is -2.35. The van der Waals surface area contributed by atoms with E-state index in [1.807, 2.05) is 0 Å². The van der Waals surface area contributed by atoms with E-state index in [4.69, 9.17) is 13.1 Å². The third kappa shape index (κ3) is 4.70. The molecule has 212 valence electrons. The van der Waals surface area contributed by atoms with Crippen molar-refractivity contribution in [2.45, 2.75) is 85.6 Å². The van der Waals surface area contributed by atoms with Gasteiger partial charge in [-0.1, -0.05) is 0 Å². The summed E-state index contributed by atoms with van der Waals surface area (Å²) in [6, 6.07) is 11.4.